The highest BCUT2D eigenvalue weighted by molar-refractivity contribution is 6.56. The molecule has 0 aromatic carbocycles. The van der Waals surface area contributed by atoms with Crippen LogP contribution in [0, 0.1) is 0 Å². The molecular formula is C4H14N2O3Si. The monoisotopic (exact) mass is 166 g/mol. The zero-order valence-electron chi connectivity index (χ0n) is 5.75. The molecule has 0 saturated heterocycles. The third kappa shape index (κ3) is 8.02. The van der Waals surface area contributed by atoms with Crippen LogP contribution in [0.5, 0.6) is 0 Å². The molecule has 0 radical (unpaired) electrons. The van der Waals surface area contributed by atoms with Crippen LogP contribution < -0.4 is 11.1 Å². The van der Waals surface area contributed by atoms with E-state index in [0.717, 1.165) is 6.42 Å². The Bertz CT molecular complexity index is 85.1. The average Bonchev–Trinajstić information content (AvgIpc) is 1.78. The molecule has 0 spiro atoms. The van der Waals surface area contributed by atoms with Gasteiger partial charge in [0.25, 0.3) is 0 Å². The van der Waals surface area contributed by atoms with Gasteiger partial charge in [0.05, 0.1) is 6.17 Å². The van der Waals surface area contributed by atoms with Gasteiger partial charge in [0, 0.05) is 0 Å². The first-order valence-electron chi connectivity index (χ1n) is 3.14. The molecule has 0 aliphatic carbocycles. The number of hydrogen-bond acceptors (Lipinski definition) is 5. The lowest BCUT2D eigenvalue weighted by Gasteiger charge is -2.09. The molecule has 0 saturated carbocycles. The van der Waals surface area contributed by atoms with E-state index in [1.807, 2.05) is 0 Å². The molecule has 0 bridgehead atoms. The van der Waals surface area contributed by atoms with E-state index in [0.29, 0.717) is 13.1 Å². The van der Waals surface area contributed by atoms with Crippen LogP contribution in [-0.2, 0) is 0 Å². The normalized spacial score (nSPS) is 12.0. The van der Waals surface area contributed by atoms with Crippen molar-refractivity contribution in [2.45, 2.75) is 6.42 Å². The van der Waals surface area contributed by atoms with Gasteiger partial charge in [-0.2, -0.15) is 0 Å². The molecule has 0 rings (SSSR count). The standard InChI is InChI=1S/C4H14N2O3Si/c5-2-1-3-6-4-10(7,8)9/h6-9H,1-5H2. The highest BCUT2D eigenvalue weighted by atomic mass is 28.4. The van der Waals surface area contributed by atoms with Crippen molar-refractivity contribution in [3.63, 3.8) is 0 Å². The van der Waals surface area contributed by atoms with Crippen LogP contribution in [0.15, 0.2) is 0 Å². The van der Waals surface area contributed by atoms with Crippen LogP contribution in [0.2, 0.25) is 0 Å². The third-order valence-electron chi connectivity index (χ3n) is 0.920. The lowest BCUT2D eigenvalue weighted by Crippen LogP contribution is -2.46. The minimum atomic E-state index is -3.86. The van der Waals surface area contributed by atoms with Gasteiger partial charge in [-0.15, -0.1) is 0 Å². The van der Waals surface area contributed by atoms with E-state index in [1.54, 1.807) is 0 Å². The van der Waals surface area contributed by atoms with Crippen molar-refractivity contribution < 1.29 is 14.4 Å². The molecular weight excluding hydrogens is 152 g/mol. The quantitative estimate of drug-likeness (QED) is 0.227. The Balaban J connectivity index is 3.04. The van der Waals surface area contributed by atoms with Crippen molar-refractivity contribution in [1.29, 1.82) is 0 Å². The number of nitrogens with one attached hydrogen (secondary N) is 1. The maximum Gasteiger partial charge on any atom is 0.507 e. The number of nitrogens with two attached hydrogens (primary N) is 1. The van der Waals surface area contributed by atoms with Gasteiger partial charge in [0.1, 0.15) is 0 Å². The van der Waals surface area contributed by atoms with Crippen molar-refractivity contribution in [2.75, 3.05) is 19.3 Å². The molecule has 0 fully saturated rings. The SMILES string of the molecule is NCCCNC[Si](O)(O)O. The summed E-state index contributed by atoms with van der Waals surface area (Å²) < 4.78 is 0. The average molecular weight is 166 g/mol. The smallest absolute Gasteiger partial charge is 0.389 e. The van der Waals surface area contributed by atoms with Gasteiger partial charge in [-0.05, 0) is 19.5 Å². The number of rotatable bonds is 5. The molecule has 6 heteroatoms. The summed E-state index contributed by atoms with van der Waals surface area (Å²) in [4.78, 5) is 25.4. The second kappa shape index (κ2) is 4.77. The van der Waals surface area contributed by atoms with E-state index in [9.17, 15) is 0 Å². The summed E-state index contributed by atoms with van der Waals surface area (Å²) in [6.45, 7) is 1.16. The number of hydrogen-bond donors (Lipinski definition) is 5. The fraction of sp³-hybridized carbons (Fsp3) is 1.00. The Hall–Kier alpha value is 0.0169. The second-order valence-corrected chi connectivity index (χ2v) is 4.00. The van der Waals surface area contributed by atoms with E-state index in [1.165, 1.54) is 0 Å². The molecule has 0 aromatic rings. The molecule has 0 atom stereocenters. The van der Waals surface area contributed by atoms with Crippen molar-refractivity contribution in [2.24, 2.45) is 5.73 Å². The van der Waals surface area contributed by atoms with Crippen molar-refractivity contribution in [1.82, 2.24) is 5.32 Å². The van der Waals surface area contributed by atoms with Crippen molar-refractivity contribution >= 4 is 8.80 Å². The van der Waals surface area contributed by atoms with E-state index in [2.05, 4.69) is 5.32 Å². The third-order valence-corrected chi connectivity index (χ3v) is 1.64. The Labute approximate surface area is 60.9 Å². The van der Waals surface area contributed by atoms with Crippen LogP contribution in [0.25, 0.3) is 0 Å². The topological polar surface area (TPSA) is 98.7 Å². The maximum atomic E-state index is 8.47. The summed E-state index contributed by atoms with van der Waals surface area (Å²) in [6.07, 6.45) is 0.650. The van der Waals surface area contributed by atoms with Gasteiger partial charge in [0.2, 0.25) is 0 Å². The summed E-state index contributed by atoms with van der Waals surface area (Å²) in [5.74, 6) is 0. The minimum absolute atomic E-state index is 0.118. The summed E-state index contributed by atoms with van der Waals surface area (Å²) in [7, 11) is -3.86. The summed E-state index contributed by atoms with van der Waals surface area (Å²) in [5, 5.41) is 2.66. The zero-order valence-corrected chi connectivity index (χ0v) is 6.75. The molecule has 0 heterocycles. The Morgan fingerprint density at radius 1 is 1.30 bits per heavy atom. The maximum absolute atomic E-state index is 8.47. The van der Waals surface area contributed by atoms with Crippen LogP contribution in [0.1, 0.15) is 6.42 Å². The van der Waals surface area contributed by atoms with Crippen LogP contribution in [0.4, 0.5) is 0 Å². The van der Waals surface area contributed by atoms with E-state index >= 15 is 0 Å². The van der Waals surface area contributed by atoms with Gasteiger partial charge in [-0.3, -0.25) is 0 Å². The Kier molecular flexibility index (Phi) is 4.78. The fourth-order valence-electron chi connectivity index (χ4n) is 0.483. The molecule has 5 nitrogen and oxygen atoms in total. The van der Waals surface area contributed by atoms with Crippen molar-refractivity contribution in [3.05, 3.63) is 0 Å². The lowest BCUT2D eigenvalue weighted by atomic mass is 10.4. The zero-order chi connectivity index (χ0) is 8.04. The first-order chi connectivity index (χ1) is 4.56. The van der Waals surface area contributed by atoms with Gasteiger partial charge in [-0.25, -0.2) is 0 Å². The molecule has 0 amide bonds. The Morgan fingerprint density at radius 3 is 2.30 bits per heavy atom. The minimum Gasteiger partial charge on any atom is -0.389 e. The van der Waals surface area contributed by atoms with E-state index in [4.69, 9.17) is 20.1 Å². The van der Waals surface area contributed by atoms with Crippen LogP contribution >= 0.6 is 0 Å². The van der Waals surface area contributed by atoms with Gasteiger partial charge < -0.3 is 25.4 Å². The van der Waals surface area contributed by atoms with Gasteiger partial charge >= 0.3 is 8.80 Å². The van der Waals surface area contributed by atoms with Crippen LogP contribution in [0.3, 0.4) is 0 Å². The predicted molar refractivity (Wildman–Crippen MR) is 39.0 cm³/mol. The molecule has 0 aliphatic heterocycles. The molecule has 0 aliphatic rings. The highest BCUT2D eigenvalue weighted by Crippen LogP contribution is 1.80. The fourth-order valence-corrected chi connectivity index (χ4v) is 0.995. The lowest BCUT2D eigenvalue weighted by molar-refractivity contribution is 0.224. The molecule has 0 aromatic heterocycles. The Morgan fingerprint density at radius 2 is 1.90 bits per heavy atom. The summed E-state index contributed by atoms with van der Waals surface area (Å²) >= 11 is 0. The molecule has 0 unspecified atom stereocenters. The highest BCUT2D eigenvalue weighted by Gasteiger charge is 2.25. The second-order valence-electron chi connectivity index (χ2n) is 2.09. The first-order valence-corrected chi connectivity index (χ1v) is 5.19. The largest absolute Gasteiger partial charge is 0.507 e. The van der Waals surface area contributed by atoms with Gasteiger partial charge in [0.15, 0.2) is 0 Å². The predicted octanol–water partition coefficient (Wildman–Crippen LogP) is -2.62. The molecule has 6 N–H and O–H groups in total. The summed E-state index contributed by atoms with van der Waals surface area (Å²) in [6, 6.07) is 0. The van der Waals surface area contributed by atoms with Crippen molar-refractivity contribution in [3.8, 4) is 0 Å². The van der Waals surface area contributed by atoms with Gasteiger partial charge in [-0.1, -0.05) is 0 Å². The van der Waals surface area contributed by atoms with Crippen LogP contribution in [-0.4, -0.2) is 42.4 Å². The summed E-state index contributed by atoms with van der Waals surface area (Å²) in [5.41, 5.74) is 5.16. The molecule has 10 heavy (non-hydrogen) atoms. The first kappa shape index (κ1) is 10.0. The molecule has 62 valence electrons. The van der Waals surface area contributed by atoms with E-state index in [-0.39, 0.29) is 6.17 Å². The van der Waals surface area contributed by atoms with E-state index < -0.39 is 8.80 Å².